The van der Waals surface area contributed by atoms with Crippen molar-refractivity contribution in [2.75, 3.05) is 13.7 Å². The quantitative estimate of drug-likeness (QED) is 0.214. The van der Waals surface area contributed by atoms with E-state index in [1.807, 2.05) is 31.1 Å². The lowest BCUT2D eigenvalue weighted by Crippen LogP contribution is -2.51. The first-order chi connectivity index (χ1) is 20.4. The number of aromatic amines is 2. The number of likely N-dealkylation sites (tertiary alicyclic amines) is 1. The number of aromatic nitrogens is 4. The van der Waals surface area contributed by atoms with Gasteiger partial charge in [-0.15, -0.1) is 0 Å². The van der Waals surface area contributed by atoms with Gasteiger partial charge in [0.25, 0.3) is 0 Å². The third-order valence-electron chi connectivity index (χ3n) is 8.02. The zero-order chi connectivity index (χ0) is 29.2. The van der Waals surface area contributed by atoms with Gasteiger partial charge in [-0.1, -0.05) is 62.4 Å². The topological polar surface area (TPSA) is 116 Å². The molecule has 5 aromatic rings. The van der Waals surface area contributed by atoms with Crippen LogP contribution in [0.2, 0.25) is 0 Å². The fourth-order valence-electron chi connectivity index (χ4n) is 5.69. The van der Waals surface area contributed by atoms with Crippen molar-refractivity contribution in [2.45, 2.75) is 38.8 Å². The lowest BCUT2D eigenvalue weighted by atomic mass is 9.98. The number of benzene rings is 3. The van der Waals surface area contributed by atoms with Gasteiger partial charge < -0.3 is 24.9 Å². The highest BCUT2D eigenvalue weighted by Crippen LogP contribution is 2.34. The van der Waals surface area contributed by atoms with Gasteiger partial charge in [-0.25, -0.2) is 14.8 Å². The summed E-state index contributed by atoms with van der Waals surface area (Å²) in [6.45, 7) is 4.45. The first-order valence-corrected chi connectivity index (χ1v) is 14.2. The first-order valence-electron chi connectivity index (χ1n) is 14.2. The predicted octanol–water partition coefficient (Wildman–Crippen LogP) is 6.33. The van der Waals surface area contributed by atoms with Crippen LogP contribution in [0.15, 0.2) is 79.4 Å². The minimum atomic E-state index is -0.660. The minimum Gasteiger partial charge on any atom is -0.453 e. The number of rotatable bonds is 7. The number of carbonyl (C=O) groups excluding carboxylic acids is 2. The van der Waals surface area contributed by atoms with Gasteiger partial charge in [-0.3, -0.25) is 4.79 Å². The van der Waals surface area contributed by atoms with Crippen LogP contribution in [0.25, 0.3) is 44.4 Å². The fraction of sp³-hybridized carbons (Fsp3) is 0.273. The molecule has 1 saturated heterocycles. The van der Waals surface area contributed by atoms with Gasteiger partial charge in [0.05, 0.1) is 43.3 Å². The molecule has 42 heavy (non-hydrogen) atoms. The monoisotopic (exact) mass is 562 g/mol. The van der Waals surface area contributed by atoms with Crippen LogP contribution in [0.1, 0.15) is 38.6 Å². The zero-order valence-electron chi connectivity index (χ0n) is 23.9. The molecule has 2 unspecified atom stereocenters. The third kappa shape index (κ3) is 5.37. The van der Waals surface area contributed by atoms with Crippen molar-refractivity contribution in [1.29, 1.82) is 0 Å². The van der Waals surface area contributed by atoms with Gasteiger partial charge in [-0.2, -0.15) is 0 Å². The number of hydrogen-bond acceptors (Lipinski definition) is 5. The number of alkyl carbamates (subject to hydrolysis) is 1. The summed E-state index contributed by atoms with van der Waals surface area (Å²) in [6.07, 6.45) is 6.42. The number of ether oxygens (including phenoxy) is 1. The van der Waals surface area contributed by atoms with Crippen molar-refractivity contribution < 1.29 is 14.3 Å². The summed E-state index contributed by atoms with van der Waals surface area (Å²) in [4.78, 5) is 42.5. The summed E-state index contributed by atoms with van der Waals surface area (Å²) in [5.74, 6) is 0.559. The van der Waals surface area contributed by atoms with Crippen LogP contribution in [0, 0.1) is 5.92 Å². The normalized spacial score (nSPS) is 15.7. The lowest BCUT2D eigenvalue weighted by molar-refractivity contribution is -0.135. The largest absolute Gasteiger partial charge is 0.453 e. The number of nitrogens with one attached hydrogen (secondary N) is 3. The van der Waals surface area contributed by atoms with Crippen molar-refractivity contribution in [2.24, 2.45) is 5.92 Å². The Hall–Kier alpha value is -4.92. The van der Waals surface area contributed by atoms with Gasteiger partial charge in [0.2, 0.25) is 5.91 Å². The molecule has 1 aliphatic rings. The summed E-state index contributed by atoms with van der Waals surface area (Å²) in [7, 11) is 1.30. The maximum absolute atomic E-state index is 13.5. The molecule has 3 aromatic carbocycles. The zero-order valence-corrected chi connectivity index (χ0v) is 23.9. The van der Waals surface area contributed by atoms with E-state index in [-0.39, 0.29) is 17.9 Å². The highest BCUT2D eigenvalue weighted by atomic mass is 16.5. The van der Waals surface area contributed by atoms with Crippen LogP contribution in [0.5, 0.6) is 0 Å². The Kier molecular flexibility index (Phi) is 7.48. The van der Waals surface area contributed by atoms with E-state index in [0.717, 1.165) is 63.1 Å². The Morgan fingerprint density at radius 1 is 0.929 bits per heavy atom. The molecule has 2 aromatic heterocycles. The van der Waals surface area contributed by atoms with Gasteiger partial charge in [0, 0.05) is 12.1 Å². The van der Waals surface area contributed by atoms with Crippen LogP contribution < -0.4 is 5.32 Å². The molecule has 214 valence electrons. The Morgan fingerprint density at radius 3 is 2.31 bits per heavy atom. The molecular formula is C33H34N6O3. The number of H-pyrrole nitrogens is 2. The van der Waals surface area contributed by atoms with E-state index in [2.05, 4.69) is 85.9 Å². The number of imidazole rings is 2. The van der Waals surface area contributed by atoms with Crippen molar-refractivity contribution in [3.63, 3.8) is 0 Å². The molecule has 0 radical (unpaired) electrons. The standard InChI is InChI=1S/C33H34N6O3/c1-20(2)30(38-33(41)42-3)32(40)39-14-4-5-29(39)31-35-18-28(37-31)26-13-12-24-15-23(10-11-25(24)16-26)21-6-8-22(9-7-21)27-17-34-19-36-27/h6-13,15-20,29-30H,4-5,14H2,1-3H3,(H,34,36)(H,35,37)(H,38,41). The highest BCUT2D eigenvalue weighted by Gasteiger charge is 2.37. The average molecular weight is 563 g/mol. The smallest absolute Gasteiger partial charge is 0.407 e. The molecule has 1 fully saturated rings. The highest BCUT2D eigenvalue weighted by molar-refractivity contribution is 5.91. The van der Waals surface area contributed by atoms with Gasteiger partial charge >= 0.3 is 6.09 Å². The SMILES string of the molecule is COC(=O)NC(C(=O)N1CCCC1c1ncc(-c2ccc3cc(-c4ccc(-c5cnc[nH]5)cc4)ccc3c2)[nH]1)C(C)C. The number of amides is 2. The molecule has 9 nitrogen and oxygen atoms in total. The van der Waals surface area contributed by atoms with E-state index < -0.39 is 12.1 Å². The number of nitrogens with zero attached hydrogens (tertiary/aromatic N) is 3. The van der Waals surface area contributed by atoms with Crippen LogP contribution >= 0.6 is 0 Å². The van der Waals surface area contributed by atoms with Gasteiger partial charge in [0.15, 0.2) is 0 Å². The summed E-state index contributed by atoms with van der Waals surface area (Å²) in [6, 6.07) is 20.5. The van der Waals surface area contributed by atoms with Crippen molar-refractivity contribution in [3.8, 4) is 33.6 Å². The summed E-state index contributed by atoms with van der Waals surface area (Å²) in [5, 5.41) is 4.98. The molecule has 0 aliphatic carbocycles. The lowest BCUT2D eigenvalue weighted by Gasteiger charge is -2.30. The molecule has 1 aliphatic heterocycles. The van der Waals surface area contributed by atoms with Crippen LogP contribution in [0.4, 0.5) is 4.79 Å². The summed E-state index contributed by atoms with van der Waals surface area (Å²) < 4.78 is 4.74. The second kappa shape index (κ2) is 11.5. The molecule has 9 heteroatoms. The van der Waals surface area contributed by atoms with Crippen molar-refractivity contribution in [1.82, 2.24) is 30.2 Å². The van der Waals surface area contributed by atoms with Crippen LogP contribution in [-0.4, -0.2) is 56.5 Å². The molecular weight excluding hydrogens is 528 g/mol. The maximum Gasteiger partial charge on any atom is 0.407 e. The predicted molar refractivity (Wildman–Crippen MR) is 162 cm³/mol. The van der Waals surface area contributed by atoms with Gasteiger partial charge in [0.1, 0.15) is 11.9 Å². The number of carbonyl (C=O) groups is 2. The Labute approximate surface area is 244 Å². The van der Waals surface area contributed by atoms with Crippen LogP contribution in [-0.2, 0) is 9.53 Å². The van der Waals surface area contributed by atoms with E-state index in [9.17, 15) is 9.59 Å². The minimum absolute atomic E-state index is 0.0792. The molecule has 6 rings (SSSR count). The second-order valence-electron chi connectivity index (χ2n) is 11.0. The van der Waals surface area contributed by atoms with E-state index in [0.29, 0.717) is 6.54 Å². The van der Waals surface area contributed by atoms with Crippen molar-refractivity contribution in [3.05, 3.63) is 85.2 Å². The molecule has 0 saturated carbocycles. The summed E-state index contributed by atoms with van der Waals surface area (Å²) in [5.41, 5.74) is 6.33. The van der Waals surface area contributed by atoms with Gasteiger partial charge in [-0.05, 0) is 58.4 Å². The van der Waals surface area contributed by atoms with Crippen LogP contribution in [0.3, 0.4) is 0 Å². The van der Waals surface area contributed by atoms with E-state index in [4.69, 9.17) is 4.74 Å². The number of methoxy groups -OCH3 is 1. The third-order valence-corrected chi connectivity index (χ3v) is 8.02. The maximum atomic E-state index is 13.5. The molecule has 0 bridgehead atoms. The fourth-order valence-corrected chi connectivity index (χ4v) is 5.69. The van der Waals surface area contributed by atoms with E-state index in [1.165, 1.54) is 7.11 Å². The molecule has 3 N–H and O–H groups in total. The second-order valence-corrected chi connectivity index (χ2v) is 11.0. The van der Waals surface area contributed by atoms with E-state index in [1.54, 1.807) is 6.33 Å². The number of hydrogen-bond donors (Lipinski definition) is 3. The average Bonchev–Trinajstić information content (AvgIpc) is 3.81. The Morgan fingerprint density at radius 2 is 1.62 bits per heavy atom. The summed E-state index contributed by atoms with van der Waals surface area (Å²) >= 11 is 0. The van der Waals surface area contributed by atoms with Crippen molar-refractivity contribution >= 4 is 22.8 Å². The Balaban J connectivity index is 1.20. The molecule has 2 atom stereocenters. The molecule has 2 amide bonds. The first kappa shape index (κ1) is 27.3. The van der Waals surface area contributed by atoms with E-state index >= 15 is 0 Å². The number of fused-ring (bicyclic) bond motifs is 1. The Bertz CT molecular complexity index is 1710. The molecule has 0 spiro atoms. The molecule has 3 heterocycles.